The highest BCUT2D eigenvalue weighted by molar-refractivity contribution is 9.10. The van der Waals surface area contributed by atoms with Crippen LogP contribution in [0, 0.1) is 0 Å². The Morgan fingerprint density at radius 3 is 3.06 bits per heavy atom. The summed E-state index contributed by atoms with van der Waals surface area (Å²) in [4.78, 5) is 2.42. The lowest BCUT2D eigenvalue weighted by atomic mass is 10.1. The van der Waals surface area contributed by atoms with Gasteiger partial charge in [-0.3, -0.25) is 0 Å². The van der Waals surface area contributed by atoms with Crippen LogP contribution in [0.2, 0.25) is 0 Å². The van der Waals surface area contributed by atoms with Crippen LogP contribution in [0.4, 0.5) is 5.69 Å². The number of halogens is 1. The average Bonchev–Trinajstić information content (AvgIpc) is 2.31. The summed E-state index contributed by atoms with van der Waals surface area (Å²) in [7, 11) is 0. The van der Waals surface area contributed by atoms with Crippen LogP contribution >= 0.6 is 15.9 Å². The molecule has 1 aromatic carbocycles. The molecule has 4 heteroatoms. The zero-order valence-electron chi connectivity index (χ0n) is 10.2. The van der Waals surface area contributed by atoms with Crippen LogP contribution in [0.5, 0.6) is 0 Å². The molecule has 0 spiro atoms. The van der Waals surface area contributed by atoms with E-state index in [1.54, 1.807) is 0 Å². The van der Waals surface area contributed by atoms with Crippen molar-refractivity contribution in [2.75, 3.05) is 31.2 Å². The van der Waals surface area contributed by atoms with Gasteiger partial charge in [-0.15, -0.1) is 0 Å². The molecule has 2 rings (SSSR count). The molecule has 1 fully saturated rings. The van der Waals surface area contributed by atoms with E-state index in [0.717, 1.165) is 30.7 Å². The van der Waals surface area contributed by atoms with Crippen molar-refractivity contribution in [2.45, 2.75) is 19.4 Å². The van der Waals surface area contributed by atoms with Crippen molar-refractivity contribution in [1.29, 1.82) is 0 Å². The highest BCUT2D eigenvalue weighted by Gasteiger charge is 2.21. The number of benzene rings is 1. The Hall–Kier alpha value is -0.580. The van der Waals surface area contributed by atoms with E-state index < -0.39 is 0 Å². The number of nitrogens with zero attached hydrogens (tertiary/aromatic N) is 1. The molecule has 0 bridgehead atoms. The summed E-state index contributed by atoms with van der Waals surface area (Å²) in [6.45, 7) is 5.45. The van der Waals surface area contributed by atoms with E-state index in [0.29, 0.717) is 12.6 Å². The second-order valence-corrected chi connectivity index (χ2v) is 5.34. The predicted octanol–water partition coefficient (Wildman–Crippen LogP) is 2.18. The highest BCUT2D eigenvalue weighted by Crippen LogP contribution is 2.27. The van der Waals surface area contributed by atoms with Gasteiger partial charge in [0.1, 0.15) is 0 Å². The van der Waals surface area contributed by atoms with Crippen LogP contribution in [-0.4, -0.2) is 32.3 Å². The van der Waals surface area contributed by atoms with Gasteiger partial charge < -0.3 is 15.4 Å². The molecule has 0 radical (unpaired) electrons. The van der Waals surface area contributed by atoms with Crippen molar-refractivity contribution in [1.82, 2.24) is 0 Å². The zero-order valence-corrected chi connectivity index (χ0v) is 11.7. The Labute approximate surface area is 111 Å². The number of hydrogen-bond acceptors (Lipinski definition) is 3. The number of hydrogen-bond donors (Lipinski definition) is 1. The van der Waals surface area contributed by atoms with E-state index in [2.05, 4.69) is 46.0 Å². The molecule has 0 aliphatic carbocycles. The van der Waals surface area contributed by atoms with Crippen molar-refractivity contribution in [2.24, 2.45) is 5.73 Å². The minimum atomic E-state index is 0.432. The monoisotopic (exact) mass is 298 g/mol. The van der Waals surface area contributed by atoms with Crippen LogP contribution in [0.15, 0.2) is 22.7 Å². The van der Waals surface area contributed by atoms with Gasteiger partial charge in [0.2, 0.25) is 0 Å². The van der Waals surface area contributed by atoms with Crippen LogP contribution in [0.3, 0.4) is 0 Å². The van der Waals surface area contributed by atoms with Gasteiger partial charge in [0.15, 0.2) is 0 Å². The lowest BCUT2D eigenvalue weighted by Gasteiger charge is -2.36. The predicted molar refractivity (Wildman–Crippen MR) is 74.5 cm³/mol. The minimum Gasteiger partial charge on any atom is -0.377 e. The smallest absolute Gasteiger partial charge is 0.0668 e. The van der Waals surface area contributed by atoms with Crippen molar-refractivity contribution >= 4 is 21.6 Å². The molecule has 1 aromatic rings. The maximum atomic E-state index is 5.69. The summed E-state index contributed by atoms with van der Waals surface area (Å²) in [6.07, 6.45) is 0.916. The lowest BCUT2D eigenvalue weighted by molar-refractivity contribution is 0.0988. The number of morpholine rings is 1. The average molecular weight is 299 g/mol. The van der Waals surface area contributed by atoms with Gasteiger partial charge >= 0.3 is 0 Å². The Balaban J connectivity index is 2.29. The Kier molecular flexibility index (Phi) is 4.42. The van der Waals surface area contributed by atoms with E-state index in [4.69, 9.17) is 10.5 Å². The largest absolute Gasteiger partial charge is 0.377 e. The number of rotatable bonds is 3. The Bertz CT molecular complexity index is 384. The van der Waals surface area contributed by atoms with Gasteiger partial charge in [-0.25, -0.2) is 0 Å². The molecule has 1 aliphatic rings. The van der Waals surface area contributed by atoms with E-state index in [1.165, 1.54) is 11.3 Å². The first-order valence-corrected chi connectivity index (χ1v) is 6.84. The summed E-state index contributed by atoms with van der Waals surface area (Å²) < 4.78 is 6.60. The quantitative estimate of drug-likeness (QED) is 0.929. The van der Waals surface area contributed by atoms with Crippen LogP contribution in [-0.2, 0) is 11.2 Å². The van der Waals surface area contributed by atoms with E-state index >= 15 is 0 Å². The second-order valence-electron chi connectivity index (χ2n) is 4.43. The fraction of sp³-hybridized carbons (Fsp3) is 0.538. The number of ether oxygens (including phenoxy) is 1. The lowest BCUT2D eigenvalue weighted by Crippen LogP contribution is -2.44. The second kappa shape index (κ2) is 5.85. The molecule has 0 aromatic heterocycles. The summed E-state index contributed by atoms with van der Waals surface area (Å²) in [6, 6.07) is 6.88. The van der Waals surface area contributed by atoms with E-state index in [1.807, 2.05) is 0 Å². The summed E-state index contributed by atoms with van der Waals surface area (Å²) >= 11 is 3.52. The van der Waals surface area contributed by atoms with Gasteiger partial charge in [-0.2, -0.15) is 0 Å². The van der Waals surface area contributed by atoms with Crippen molar-refractivity contribution in [3.05, 3.63) is 28.2 Å². The van der Waals surface area contributed by atoms with E-state index in [-0.39, 0.29) is 0 Å². The first kappa shape index (κ1) is 12.9. The van der Waals surface area contributed by atoms with Crippen LogP contribution in [0.1, 0.15) is 12.5 Å². The highest BCUT2D eigenvalue weighted by atomic mass is 79.9. The van der Waals surface area contributed by atoms with Gasteiger partial charge in [0.25, 0.3) is 0 Å². The first-order valence-electron chi connectivity index (χ1n) is 6.05. The van der Waals surface area contributed by atoms with E-state index in [9.17, 15) is 0 Å². The minimum absolute atomic E-state index is 0.432. The molecular formula is C13H19BrN2O. The molecule has 1 unspecified atom stereocenters. The SMILES string of the molecule is CC1COCCN1c1ccc(Br)cc1CCN. The van der Waals surface area contributed by atoms with Crippen molar-refractivity contribution < 1.29 is 4.74 Å². The molecule has 0 saturated carbocycles. The van der Waals surface area contributed by atoms with Gasteiger partial charge in [0.05, 0.1) is 13.2 Å². The molecule has 1 heterocycles. The summed E-state index contributed by atoms with van der Waals surface area (Å²) in [5.41, 5.74) is 8.30. The molecule has 1 aliphatic heterocycles. The molecule has 94 valence electrons. The normalized spacial score (nSPS) is 20.6. The number of nitrogens with two attached hydrogens (primary N) is 1. The fourth-order valence-corrected chi connectivity index (χ4v) is 2.68. The molecular weight excluding hydrogens is 280 g/mol. The van der Waals surface area contributed by atoms with Crippen LogP contribution < -0.4 is 10.6 Å². The van der Waals surface area contributed by atoms with Crippen molar-refractivity contribution in [3.63, 3.8) is 0 Å². The maximum Gasteiger partial charge on any atom is 0.0668 e. The molecule has 1 saturated heterocycles. The van der Waals surface area contributed by atoms with Gasteiger partial charge in [0, 0.05) is 22.7 Å². The van der Waals surface area contributed by atoms with Gasteiger partial charge in [-0.1, -0.05) is 15.9 Å². The number of anilines is 1. The summed E-state index contributed by atoms with van der Waals surface area (Å²) in [5.74, 6) is 0. The third kappa shape index (κ3) is 3.00. The summed E-state index contributed by atoms with van der Waals surface area (Å²) in [5, 5.41) is 0. The topological polar surface area (TPSA) is 38.5 Å². The zero-order chi connectivity index (χ0) is 12.3. The molecule has 3 nitrogen and oxygen atoms in total. The third-order valence-corrected chi connectivity index (χ3v) is 3.63. The standard InChI is InChI=1S/C13H19BrN2O/c1-10-9-17-7-6-16(10)13-3-2-12(14)8-11(13)4-5-15/h2-3,8,10H,4-7,9,15H2,1H3. The Morgan fingerprint density at radius 1 is 1.53 bits per heavy atom. The molecule has 0 amide bonds. The van der Waals surface area contributed by atoms with Crippen molar-refractivity contribution in [3.8, 4) is 0 Å². The third-order valence-electron chi connectivity index (χ3n) is 3.13. The first-order chi connectivity index (χ1) is 8.22. The fourth-order valence-electron chi connectivity index (χ4n) is 2.28. The van der Waals surface area contributed by atoms with Crippen LogP contribution in [0.25, 0.3) is 0 Å². The maximum absolute atomic E-state index is 5.69. The molecule has 1 atom stereocenters. The van der Waals surface area contributed by atoms with Gasteiger partial charge in [-0.05, 0) is 43.7 Å². The molecule has 2 N–H and O–H groups in total. The molecule has 17 heavy (non-hydrogen) atoms. The Morgan fingerprint density at radius 2 is 2.35 bits per heavy atom.